The first-order valence-corrected chi connectivity index (χ1v) is 8.19. The maximum Gasteiger partial charge on any atom is 0.164 e. The van der Waals surface area contributed by atoms with Crippen LogP contribution in [0.4, 0.5) is 0 Å². The fourth-order valence-corrected chi connectivity index (χ4v) is 2.80. The maximum absolute atomic E-state index is 9.09. The van der Waals surface area contributed by atoms with E-state index in [0.29, 0.717) is 11.3 Å². The quantitative estimate of drug-likeness (QED) is 0.572. The van der Waals surface area contributed by atoms with Gasteiger partial charge in [0.25, 0.3) is 0 Å². The van der Waals surface area contributed by atoms with Gasteiger partial charge in [-0.1, -0.05) is 30.3 Å². The third-order valence-electron chi connectivity index (χ3n) is 4.21. The van der Waals surface area contributed by atoms with E-state index in [4.69, 9.17) is 5.26 Å². The molecule has 6 nitrogen and oxygen atoms in total. The molecular weight excluding hydrogens is 324 g/mol. The highest BCUT2D eigenvalue weighted by Gasteiger charge is 2.09. The number of nitrogens with zero attached hydrogens (tertiary/aromatic N) is 6. The van der Waals surface area contributed by atoms with Gasteiger partial charge < -0.3 is 4.57 Å². The number of rotatable bonds is 3. The van der Waals surface area contributed by atoms with Crippen molar-refractivity contribution in [2.24, 2.45) is 7.05 Å². The van der Waals surface area contributed by atoms with E-state index in [2.05, 4.69) is 21.1 Å². The van der Waals surface area contributed by atoms with Gasteiger partial charge in [-0.25, -0.2) is 14.5 Å². The SMILES string of the molecule is Cc1c(C#N)nc2ccc(C=Cc3nc(-c4ccccc4)cn3C)nn12. The average Bonchev–Trinajstić information content (AvgIpc) is 3.20. The van der Waals surface area contributed by atoms with Crippen LogP contribution in [-0.4, -0.2) is 24.1 Å². The summed E-state index contributed by atoms with van der Waals surface area (Å²) in [7, 11) is 1.97. The predicted octanol–water partition coefficient (Wildman–Crippen LogP) is 3.48. The van der Waals surface area contributed by atoms with Crippen LogP contribution in [-0.2, 0) is 7.05 Å². The number of aryl methyl sites for hydroxylation is 2. The van der Waals surface area contributed by atoms with Crippen molar-refractivity contribution in [2.45, 2.75) is 6.92 Å². The van der Waals surface area contributed by atoms with Crippen molar-refractivity contribution >= 4 is 17.8 Å². The van der Waals surface area contributed by atoms with Crippen molar-refractivity contribution in [2.75, 3.05) is 0 Å². The van der Waals surface area contributed by atoms with Crippen molar-refractivity contribution in [1.29, 1.82) is 5.26 Å². The van der Waals surface area contributed by atoms with Crippen LogP contribution in [0.15, 0.2) is 48.7 Å². The first-order valence-electron chi connectivity index (χ1n) is 8.19. The first kappa shape index (κ1) is 15.8. The summed E-state index contributed by atoms with van der Waals surface area (Å²) in [4.78, 5) is 8.92. The van der Waals surface area contributed by atoms with Crippen molar-refractivity contribution in [1.82, 2.24) is 24.1 Å². The molecule has 0 fully saturated rings. The number of nitriles is 1. The van der Waals surface area contributed by atoms with Crippen LogP contribution >= 0.6 is 0 Å². The molecule has 1 aromatic carbocycles. The molecule has 0 aliphatic carbocycles. The predicted molar refractivity (Wildman–Crippen MR) is 100 cm³/mol. The fraction of sp³-hybridized carbons (Fsp3) is 0.100. The Morgan fingerprint density at radius 3 is 2.62 bits per heavy atom. The summed E-state index contributed by atoms with van der Waals surface area (Å²) in [5.41, 5.74) is 4.59. The van der Waals surface area contributed by atoms with Crippen molar-refractivity contribution in [3.63, 3.8) is 0 Å². The molecule has 0 N–H and O–H groups in total. The molecule has 4 aromatic rings. The highest BCUT2D eigenvalue weighted by Crippen LogP contribution is 2.19. The van der Waals surface area contributed by atoms with Crippen LogP contribution in [0.2, 0.25) is 0 Å². The Morgan fingerprint density at radius 1 is 1.04 bits per heavy atom. The lowest BCUT2D eigenvalue weighted by Crippen LogP contribution is -1.96. The summed E-state index contributed by atoms with van der Waals surface area (Å²) >= 11 is 0. The van der Waals surface area contributed by atoms with Gasteiger partial charge in [0.1, 0.15) is 11.9 Å². The van der Waals surface area contributed by atoms with Crippen LogP contribution < -0.4 is 0 Å². The van der Waals surface area contributed by atoms with E-state index < -0.39 is 0 Å². The van der Waals surface area contributed by atoms with Gasteiger partial charge in [-0.05, 0) is 31.2 Å². The Balaban J connectivity index is 1.66. The summed E-state index contributed by atoms with van der Waals surface area (Å²) in [6.07, 6.45) is 5.84. The number of fused-ring (bicyclic) bond motifs is 1. The maximum atomic E-state index is 9.09. The largest absolute Gasteiger partial charge is 0.334 e. The molecule has 4 rings (SSSR count). The molecule has 0 unspecified atom stereocenters. The molecule has 0 amide bonds. The molecule has 0 radical (unpaired) electrons. The van der Waals surface area contributed by atoms with Gasteiger partial charge in [0.2, 0.25) is 0 Å². The molecule has 0 saturated heterocycles. The molecular formula is C20H16N6. The van der Waals surface area contributed by atoms with Gasteiger partial charge in [0, 0.05) is 18.8 Å². The number of imidazole rings is 2. The summed E-state index contributed by atoms with van der Waals surface area (Å²) in [5, 5.41) is 13.6. The van der Waals surface area contributed by atoms with E-state index in [1.807, 2.05) is 79.4 Å². The molecule has 26 heavy (non-hydrogen) atoms. The Hall–Kier alpha value is -3.72. The van der Waals surface area contributed by atoms with Crippen LogP contribution in [0, 0.1) is 18.3 Å². The molecule has 6 heteroatoms. The van der Waals surface area contributed by atoms with Crippen LogP contribution in [0.3, 0.4) is 0 Å². The minimum Gasteiger partial charge on any atom is -0.334 e. The monoisotopic (exact) mass is 340 g/mol. The lowest BCUT2D eigenvalue weighted by molar-refractivity contribution is 0.888. The topological polar surface area (TPSA) is 71.8 Å². The average molecular weight is 340 g/mol. The molecule has 0 aliphatic heterocycles. The lowest BCUT2D eigenvalue weighted by Gasteiger charge is -1.98. The van der Waals surface area contributed by atoms with E-state index in [0.717, 1.165) is 28.5 Å². The highest BCUT2D eigenvalue weighted by atomic mass is 15.3. The zero-order valence-corrected chi connectivity index (χ0v) is 14.5. The zero-order chi connectivity index (χ0) is 18.1. The minimum atomic E-state index is 0.398. The van der Waals surface area contributed by atoms with Crippen LogP contribution in [0.1, 0.15) is 22.9 Å². The van der Waals surface area contributed by atoms with Crippen LogP contribution in [0.25, 0.3) is 29.1 Å². The van der Waals surface area contributed by atoms with E-state index in [9.17, 15) is 0 Å². The molecule has 0 spiro atoms. The van der Waals surface area contributed by atoms with Gasteiger partial charge in [0.05, 0.1) is 17.1 Å². The third-order valence-corrected chi connectivity index (χ3v) is 4.21. The van der Waals surface area contributed by atoms with Gasteiger partial charge in [-0.15, -0.1) is 0 Å². The summed E-state index contributed by atoms with van der Waals surface area (Å²) < 4.78 is 3.67. The van der Waals surface area contributed by atoms with Crippen molar-refractivity contribution in [3.8, 4) is 17.3 Å². The molecule has 0 bridgehead atoms. The number of hydrogen-bond donors (Lipinski definition) is 0. The van der Waals surface area contributed by atoms with E-state index in [1.54, 1.807) is 4.52 Å². The normalized spacial score (nSPS) is 11.3. The van der Waals surface area contributed by atoms with Crippen molar-refractivity contribution < 1.29 is 0 Å². The Morgan fingerprint density at radius 2 is 1.85 bits per heavy atom. The Bertz CT molecular complexity index is 1160. The Kier molecular flexibility index (Phi) is 3.82. The molecule has 0 aliphatic rings. The van der Waals surface area contributed by atoms with Gasteiger partial charge >= 0.3 is 0 Å². The standard InChI is InChI=1S/C20H16N6/c1-14-17(12-21)22-20-11-9-16(24-26(14)20)8-10-19-23-18(13-25(19)2)15-6-4-3-5-7-15/h3-11,13H,1-2H3. The summed E-state index contributed by atoms with van der Waals surface area (Å²) in [6.45, 7) is 1.84. The third kappa shape index (κ3) is 2.76. The van der Waals surface area contributed by atoms with E-state index in [1.165, 1.54) is 0 Å². The lowest BCUT2D eigenvalue weighted by atomic mass is 10.2. The summed E-state index contributed by atoms with van der Waals surface area (Å²) in [5.74, 6) is 0.839. The van der Waals surface area contributed by atoms with Gasteiger partial charge in [-0.3, -0.25) is 0 Å². The van der Waals surface area contributed by atoms with Crippen LogP contribution in [0.5, 0.6) is 0 Å². The zero-order valence-electron chi connectivity index (χ0n) is 14.5. The molecule has 0 atom stereocenters. The first-order chi connectivity index (χ1) is 12.7. The number of hydrogen-bond acceptors (Lipinski definition) is 4. The fourth-order valence-electron chi connectivity index (χ4n) is 2.80. The molecule has 0 saturated carbocycles. The van der Waals surface area contributed by atoms with E-state index in [-0.39, 0.29) is 0 Å². The Labute approximate surface area is 150 Å². The van der Waals surface area contributed by atoms with Gasteiger partial charge in [0.15, 0.2) is 11.3 Å². The second kappa shape index (κ2) is 6.30. The van der Waals surface area contributed by atoms with Crippen molar-refractivity contribution in [3.05, 3.63) is 71.6 Å². The van der Waals surface area contributed by atoms with Gasteiger partial charge in [-0.2, -0.15) is 10.4 Å². The highest BCUT2D eigenvalue weighted by molar-refractivity contribution is 5.68. The van der Waals surface area contributed by atoms with E-state index >= 15 is 0 Å². The summed E-state index contributed by atoms with van der Waals surface area (Å²) in [6, 6.07) is 15.9. The number of aromatic nitrogens is 5. The smallest absolute Gasteiger partial charge is 0.164 e. The second-order valence-electron chi connectivity index (χ2n) is 5.98. The minimum absolute atomic E-state index is 0.398. The second-order valence-corrected chi connectivity index (χ2v) is 5.98. The number of benzene rings is 1. The molecule has 126 valence electrons. The molecule has 3 heterocycles. The molecule has 3 aromatic heterocycles.